The summed E-state index contributed by atoms with van der Waals surface area (Å²) in [6.07, 6.45) is 1.02. The van der Waals surface area contributed by atoms with E-state index in [0.29, 0.717) is 0 Å². The SMILES string of the molecule is CCc1c(C)sc2nc(CN3CCN(CC)CC3)nc(Sc3ccccc3)c12. The molecule has 1 saturated heterocycles. The van der Waals surface area contributed by atoms with Gasteiger partial charge in [0.25, 0.3) is 0 Å². The number of aryl methyl sites for hydroxylation is 2. The normalized spacial score (nSPS) is 16.1. The molecule has 0 aliphatic carbocycles. The van der Waals surface area contributed by atoms with Gasteiger partial charge in [-0.1, -0.05) is 43.8 Å². The third-order valence-electron chi connectivity index (χ3n) is 5.45. The highest BCUT2D eigenvalue weighted by atomic mass is 32.2. The van der Waals surface area contributed by atoms with Gasteiger partial charge in [-0.25, -0.2) is 9.97 Å². The Kier molecular flexibility index (Phi) is 6.31. The summed E-state index contributed by atoms with van der Waals surface area (Å²) in [5.41, 5.74) is 1.40. The van der Waals surface area contributed by atoms with Crippen molar-refractivity contribution in [2.45, 2.75) is 43.7 Å². The third-order valence-corrected chi connectivity index (χ3v) is 7.49. The van der Waals surface area contributed by atoms with Crippen LogP contribution in [0.5, 0.6) is 0 Å². The van der Waals surface area contributed by atoms with Crippen LogP contribution in [0.4, 0.5) is 0 Å². The zero-order chi connectivity index (χ0) is 19.5. The number of thiophene rings is 1. The Morgan fingerprint density at radius 3 is 2.39 bits per heavy atom. The molecule has 0 atom stereocenters. The van der Waals surface area contributed by atoms with E-state index in [-0.39, 0.29) is 0 Å². The van der Waals surface area contributed by atoms with Crippen molar-refractivity contribution < 1.29 is 0 Å². The molecule has 1 fully saturated rings. The van der Waals surface area contributed by atoms with E-state index in [1.165, 1.54) is 20.7 Å². The molecule has 1 aliphatic rings. The molecule has 0 N–H and O–H groups in total. The van der Waals surface area contributed by atoms with E-state index in [9.17, 15) is 0 Å². The number of hydrogen-bond donors (Lipinski definition) is 0. The predicted molar refractivity (Wildman–Crippen MR) is 119 cm³/mol. The smallest absolute Gasteiger partial charge is 0.145 e. The summed E-state index contributed by atoms with van der Waals surface area (Å²) in [5.74, 6) is 0.958. The summed E-state index contributed by atoms with van der Waals surface area (Å²) < 4.78 is 0. The summed E-state index contributed by atoms with van der Waals surface area (Å²) >= 11 is 3.59. The molecule has 1 aliphatic heterocycles. The van der Waals surface area contributed by atoms with Crippen LogP contribution in [0, 0.1) is 6.92 Å². The van der Waals surface area contributed by atoms with Gasteiger partial charge in [-0.05, 0) is 37.6 Å². The molecule has 4 nitrogen and oxygen atoms in total. The molecule has 6 heteroatoms. The lowest BCUT2D eigenvalue weighted by atomic mass is 10.1. The van der Waals surface area contributed by atoms with Gasteiger partial charge < -0.3 is 4.90 Å². The topological polar surface area (TPSA) is 32.3 Å². The molecule has 1 aromatic carbocycles. The molecule has 3 aromatic rings. The van der Waals surface area contributed by atoms with E-state index in [4.69, 9.17) is 9.97 Å². The monoisotopic (exact) mass is 412 g/mol. The van der Waals surface area contributed by atoms with Crippen molar-refractivity contribution in [2.24, 2.45) is 0 Å². The van der Waals surface area contributed by atoms with Crippen LogP contribution in [-0.2, 0) is 13.0 Å². The van der Waals surface area contributed by atoms with Crippen LogP contribution in [0.1, 0.15) is 30.1 Å². The quantitative estimate of drug-likeness (QED) is 0.540. The van der Waals surface area contributed by atoms with Crippen LogP contribution in [0.25, 0.3) is 10.2 Å². The van der Waals surface area contributed by atoms with Crippen LogP contribution >= 0.6 is 23.1 Å². The number of hydrogen-bond acceptors (Lipinski definition) is 6. The Hall–Kier alpha value is -1.47. The van der Waals surface area contributed by atoms with Crippen LogP contribution < -0.4 is 0 Å². The van der Waals surface area contributed by atoms with Gasteiger partial charge >= 0.3 is 0 Å². The highest BCUT2D eigenvalue weighted by molar-refractivity contribution is 7.99. The van der Waals surface area contributed by atoms with Gasteiger partial charge in [-0.3, -0.25) is 4.90 Å². The fourth-order valence-corrected chi connectivity index (χ4v) is 6.00. The lowest BCUT2D eigenvalue weighted by Crippen LogP contribution is -2.45. The van der Waals surface area contributed by atoms with Crippen molar-refractivity contribution in [1.82, 2.24) is 19.8 Å². The minimum Gasteiger partial charge on any atom is -0.301 e. The zero-order valence-corrected chi connectivity index (χ0v) is 18.6. The van der Waals surface area contributed by atoms with E-state index in [1.54, 1.807) is 11.8 Å². The van der Waals surface area contributed by atoms with Gasteiger partial charge in [0.15, 0.2) is 0 Å². The van der Waals surface area contributed by atoms with E-state index in [0.717, 1.165) is 61.4 Å². The molecule has 0 spiro atoms. The number of fused-ring (bicyclic) bond motifs is 1. The third kappa shape index (κ3) is 4.25. The molecule has 3 heterocycles. The van der Waals surface area contributed by atoms with E-state index in [1.807, 2.05) is 11.3 Å². The molecular formula is C22H28N4S2. The fraction of sp³-hybridized carbons (Fsp3) is 0.455. The van der Waals surface area contributed by atoms with Gasteiger partial charge in [-0.15, -0.1) is 11.3 Å². The summed E-state index contributed by atoms with van der Waals surface area (Å²) in [6.45, 7) is 13.1. The maximum Gasteiger partial charge on any atom is 0.145 e. The van der Waals surface area contributed by atoms with Gasteiger partial charge in [0, 0.05) is 41.3 Å². The van der Waals surface area contributed by atoms with Gasteiger partial charge in [0.1, 0.15) is 15.7 Å². The van der Waals surface area contributed by atoms with Gasteiger partial charge in [0.2, 0.25) is 0 Å². The van der Waals surface area contributed by atoms with E-state index < -0.39 is 0 Å². The first-order chi connectivity index (χ1) is 13.7. The second-order valence-corrected chi connectivity index (χ2v) is 9.51. The first kappa shape index (κ1) is 19.8. The van der Waals surface area contributed by atoms with E-state index >= 15 is 0 Å². The van der Waals surface area contributed by atoms with Crippen molar-refractivity contribution in [2.75, 3.05) is 32.7 Å². The summed E-state index contributed by atoms with van der Waals surface area (Å²) in [7, 11) is 0. The minimum atomic E-state index is 0.842. The Morgan fingerprint density at radius 1 is 1.00 bits per heavy atom. The Bertz CT molecular complexity index is 931. The lowest BCUT2D eigenvalue weighted by molar-refractivity contribution is 0.129. The van der Waals surface area contributed by atoms with Crippen LogP contribution in [0.3, 0.4) is 0 Å². The van der Waals surface area contributed by atoms with Crippen LogP contribution in [0.15, 0.2) is 40.3 Å². The van der Waals surface area contributed by atoms with Crippen molar-refractivity contribution in [3.8, 4) is 0 Å². The van der Waals surface area contributed by atoms with Crippen LogP contribution in [-0.4, -0.2) is 52.5 Å². The highest BCUT2D eigenvalue weighted by Crippen LogP contribution is 2.38. The maximum absolute atomic E-state index is 5.05. The molecular weight excluding hydrogens is 384 g/mol. The molecule has 2 aromatic heterocycles. The first-order valence-electron chi connectivity index (χ1n) is 10.1. The molecule has 0 amide bonds. The zero-order valence-electron chi connectivity index (χ0n) is 16.9. The molecule has 0 saturated carbocycles. The fourth-order valence-electron chi connectivity index (χ4n) is 3.81. The standard InChI is InChI=1S/C22H28N4S2/c1-4-18-16(3)27-21-20(18)22(28-17-9-7-6-8-10-17)24-19(23-21)15-26-13-11-25(5-2)12-14-26/h6-10H,4-5,11-15H2,1-3H3. The minimum absolute atomic E-state index is 0.842. The Balaban J connectivity index is 1.66. The molecule has 148 valence electrons. The van der Waals surface area contributed by atoms with Crippen molar-refractivity contribution in [3.63, 3.8) is 0 Å². The summed E-state index contributed by atoms with van der Waals surface area (Å²) in [6, 6.07) is 10.6. The molecule has 0 unspecified atom stereocenters. The predicted octanol–water partition coefficient (Wildman–Crippen LogP) is 4.85. The number of rotatable bonds is 6. The first-order valence-corrected chi connectivity index (χ1v) is 11.8. The lowest BCUT2D eigenvalue weighted by Gasteiger charge is -2.33. The highest BCUT2D eigenvalue weighted by Gasteiger charge is 2.20. The number of likely N-dealkylation sites (N-methyl/N-ethyl adjacent to an activating group) is 1. The molecule has 0 bridgehead atoms. The Labute approximate surface area is 176 Å². The largest absolute Gasteiger partial charge is 0.301 e. The number of nitrogens with zero attached hydrogens (tertiary/aromatic N) is 4. The van der Waals surface area contributed by atoms with Crippen LogP contribution in [0.2, 0.25) is 0 Å². The van der Waals surface area contributed by atoms with E-state index in [2.05, 4.69) is 60.9 Å². The van der Waals surface area contributed by atoms with Crippen molar-refractivity contribution >= 4 is 33.3 Å². The van der Waals surface area contributed by atoms with Gasteiger partial charge in [0.05, 0.1) is 6.54 Å². The second kappa shape index (κ2) is 8.91. The summed E-state index contributed by atoms with van der Waals surface area (Å²) in [4.78, 5) is 18.8. The number of aromatic nitrogens is 2. The number of piperazine rings is 1. The Morgan fingerprint density at radius 2 is 1.71 bits per heavy atom. The molecule has 0 radical (unpaired) electrons. The average molecular weight is 413 g/mol. The van der Waals surface area contributed by atoms with Gasteiger partial charge in [-0.2, -0.15) is 0 Å². The molecule has 28 heavy (non-hydrogen) atoms. The second-order valence-electron chi connectivity index (χ2n) is 7.24. The molecule has 4 rings (SSSR count). The summed E-state index contributed by atoms with van der Waals surface area (Å²) in [5, 5.41) is 2.37. The average Bonchev–Trinajstić information content (AvgIpc) is 3.04. The van der Waals surface area contributed by atoms with Crippen molar-refractivity contribution in [1.29, 1.82) is 0 Å². The van der Waals surface area contributed by atoms with Crippen molar-refractivity contribution in [3.05, 3.63) is 46.6 Å². The number of benzene rings is 1. The maximum atomic E-state index is 5.05.